The second-order valence-corrected chi connectivity index (χ2v) is 5.82. The van der Waals surface area contributed by atoms with Crippen molar-refractivity contribution in [3.63, 3.8) is 0 Å². The molecule has 0 aromatic heterocycles. The van der Waals surface area contributed by atoms with Crippen LogP contribution in [0.15, 0.2) is 18.2 Å². The number of amides is 1. The van der Waals surface area contributed by atoms with Crippen LogP contribution in [0.5, 0.6) is 0 Å². The normalized spacial score (nSPS) is 19.5. The summed E-state index contributed by atoms with van der Waals surface area (Å²) >= 11 is 0. The molecule has 0 spiro atoms. The maximum absolute atomic E-state index is 12.3. The number of nitrogens with zero attached hydrogens (tertiary/aromatic N) is 2. The van der Waals surface area contributed by atoms with E-state index in [1.807, 2.05) is 4.90 Å². The molecule has 0 unspecified atom stereocenters. The Hall–Kier alpha value is -1.35. The zero-order valence-corrected chi connectivity index (χ0v) is 11.7. The quantitative estimate of drug-likeness (QED) is 0.802. The van der Waals surface area contributed by atoms with Crippen LogP contribution in [-0.2, 0) is 24.1 Å². The minimum absolute atomic E-state index is 0.283. The number of carbonyl (C=O) groups is 1. The van der Waals surface area contributed by atoms with Crippen LogP contribution in [0.4, 0.5) is 0 Å². The van der Waals surface area contributed by atoms with Crippen molar-refractivity contribution in [3.05, 3.63) is 34.9 Å². The van der Waals surface area contributed by atoms with Gasteiger partial charge in [-0.15, -0.1) is 0 Å². The molecule has 1 saturated heterocycles. The van der Waals surface area contributed by atoms with Crippen molar-refractivity contribution >= 4 is 5.91 Å². The van der Waals surface area contributed by atoms with E-state index in [-0.39, 0.29) is 5.91 Å². The Kier molecular flexibility index (Phi) is 3.56. The molecule has 3 rings (SSSR count). The van der Waals surface area contributed by atoms with Gasteiger partial charge < -0.3 is 9.80 Å². The zero-order chi connectivity index (χ0) is 13.2. The van der Waals surface area contributed by atoms with Gasteiger partial charge in [0, 0.05) is 26.2 Å². The Labute approximate surface area is 115 Å². The van der Waals surface area contributed by atoms with Gasteiger partial charge in [-0.2, -0.15) is 0 Å². The number of piperazine rings is 1. The molecule has 3 heteroatoms. The second kappa shape index (κ2) is 5.33. The smallest absolute Gasteiger partial charge is 0.227 e. The molecular weight excluding hydrogens is 236 g/mol. The first-order chi connectivity index (χ1) is 9.22. The maximum atomic E-state index is 12.3. The third-order valence-electron chi connectivity index (χ3n) is 4.37. The van der Waals surface area contributed by atoms with E-state index in [1.54, 1.807) is 0 Å². The fourth-order valence-electron chi connectivity index (χ4n) is 3.08. The number of benzene rings is 1. The van der Waals surface area contributed by atoms with Crippen LogP contribution < -0.4 is 0 Å². The lowest BCUT2D eigenvalue weighted by molar-refractivity contribution is -0.132. The van der Waals surface area contributed by atoms with Gasteiger partial charge in [0.05, 0.1) is 6.42 Å². The molecule has 102 valence electrons. The molecule has 0 radical (unpaired) electrons. The number of hydrogen-bond donors (Lipinski definition) is 0. The first kappa shape index (κ1) is 12.7. The lowest BCUT2D eigenvalue weighted by atomic mass is 10.0. The Morgan fingerprint density at radius 2 is 1.84 bits per heavy atom. The summed E-state index contributed by atoms with van der Waals surface area (Å²) in [6, 6.07) is 6.60. The van der Waals surface area contributed by atoms with Gasteiger partial charge in [0.1, 0.15) is 0 Å². The highest BCUT2D eigenvalue weighted by molar-refractivity contribution is 5.79. The molecule has 1 fully saturated rings. The van der Waals surface area contributed by atoms with Crippen LogP contribution >= 0.6 is 0 Å². The van der Waals surface area contributed by atoms with Gasteiger partial charge in [-0.3, -0.25) is 4.79 Å². The van der Waals surface area contributed by atoms with Crippen molar-refractivity contribution in [2.75, 3.05) is 33.2 Å². The Morgan fingerprint density at radius 1 is 1.11 bits per heavy atom. The molecule has 0 bridgehead atoms. The first-order valence-electron chi connectivity index (χ1n) is 7.29. The topological polar surface area (TPSA) is 23.6 Å². The summed E-state index contributed by atoms with van der Waals surface area (Å²) in [7, 11) is 2.11. The number of aryl methyl sites for hydroxylation is 2. The molecule has 1 aliphatic carbocycles. The van der Waals surface area contributed by atoms with Crippen LogP contribution in [0, 0.1) is 0 Å². The molecule has 1 aromatic carbocycles. The predicted octanol–water partition coefficient (Wildman–Crippen LogP) is 1.49. The standard InChI is InChI=1S/C16H22N2O/c1-17-7-9-18(10-8-17)16(19)12-13-5-6-14-3-2-4-15(14)11-13/h5-6,11H,2-4,7-10,12H2,1H3. The van der Waals surface area contributed by atoms with Gasteiger partial charge in [-0.1, -0.05) is 18.2 Å². The van der Waals surface area contributed by atoms with Gasteiger partial charge >= 0.3 is 0 Å². The summed E-state index contributed by atoms with van der Waals surface area (Å²) < 4.78 is 0. The molecule has 2 aliphatic rings. The molecule has 1 aliphatic heterocycles. The summed E-state index contributed by atoms with van der Waals surface area (Å²) in [4.78, 5) is 16.6. The SMILES string of the molecule is CN1CCN(C(=O)Cc2ccc3c(c2)CCC3)CC1. The fraction of sp³-hybridized carbons (Fsp3) is 0.562. The first-order valence-corrected chi connectivity index (χ1v) is 7.29. The number of rotatable bonds is 2. The maximum Gasteiger partial charge on any atom is 0.227 e. The van der Waals surface area contributed by atoms with Gasteiger partial charge in [-0.05, 0) is 43.0 Å². The summed E-state index contributed by atoms with van der Waals surface area (Å²) in [6.45, 7) is 3.74. The number of hydrogen-bond acceptors (Lipinski definition) is 2. The van der Waals surface area contributed by atoms with Crippen LogP contribution in [0.25, 0.3) is 0 Å². The molecule has 0 saturated carbocycles. The Balaban J connectivity index is 1.63. The van der Waals surface area contributed by atoms with E-state index in [0.29, 0.717) is 6.42 Å². The number of fused-ring (bicyclic) bond motifs is 1. The van der Waals surface area contributed by atoms with Crippen LogP contribution in [-0.4, -0.2) is 48.9 Å². The fourth-order valence-corrected chi connectivity index (χ4v) is 3.08. The summed E-state index contributed by atoms with van der Waals surface area (Å²) in [5, 5.41) is 0. The molecule has 0 N–H and O–H groups in total. The average molecular weight is 258 g/mol. The van der Waals surface area contributed by atoms with Crippen LogP contribution in [0.3, 0.4) is 0 Å². The Morgan fingerprint density at radius 3 is 2.63 bits per heavy atom. The Bertz CT molecular complexity index is 476. The lowest BCUT2D eigenvalue weighted by Gasteiger charge is -2.32. The van der Waals surface area contributed by atoms with E-state index < -0.39 is 0 Å². The van der Waals surface area contributed by atoms with E-state index in [2.05, 4.69) is 30.1 Å². The number of carbonyl (C=O) groups excluding carboxylic acids is 1. The molecule has 3 nitrogen and oxygen atoms in total. The van der Waals surface area contributed by atoms with Crippen molar-refractivity contribution in [2.24, 2.45) is 0 Å². The minimum atomic E-state index is 0.283. The van der Waals surface area contributed by atoms with Gasteiger partial charge in [-0.25, -0.2) is 0 Å². The van der Waals surface area contributed by atoms with E-state index in [9.17, 15) is 4.79 Å². The van der Waals surface area contributed by atoms with Crippen molar-refractivity contribution in [1.82, 2.24) is 9.80 Å². The molecular formula is C16H22N2O. The zero-order valence-electron chi connectivity index (χ0n) is 11.7. The largest absolute Gasteiger partial charge is 0.340 e. The molecule has 0 atom stereocenters. The highest BCUT2D eigenvalue weighted by Gasteiger charge is 2.19. The van der Waals surface area contributed by atoms with Crippen molar-refractivity contribution < 1.29 is 4.79 Å². The average Bonchev–Trinajstić information content (AvgIpc) is 2.87. The molecule has 1 heterocycles. The van der Waals surface area contributed by atoms with E-state index in [4.69, 9.17) is 0 Å². The van der Waals surface area contributed by atoms with Gasteiger partial charge in [0.25, 0.3) is 0 Å². The minimum Gasteiger partial charge on any atom is -0.340 e. The van der Waals surface area contributed by atoms with Gasteiger partial charge in [0.2, 0.25) is 5.91 Å². The van der Waals surface area contributed by atoms with Crippen LogP contribution in [0.1, 0.15) is 23.1 Å². The highest BCUT2D eigenvalue weighted by atomic mass is 16.2. The van der Waals surface area contributed by atoms with Crippen LogP contribution in [0.2, 0.25) is 0 Å². The van der Waals surface area contributed by atoms with E-state index in [0.717, 1.165) is 26.2 Å². The summed E-state index contributed by atoms with van der Waals surface area (Å²) in [5.41, 5.74) is 4.13. The number of likely N-dealkylation sites (N-methyl/N-ethyl adjacent to an activating group) is 1. The lowest BCUT2D eigenvalue weighted by Crippen LogP contribution is -2.47. The van der Waals surface area contributed by atoms with Gasteiger partial charge in [0.15, 0.2) is 0 Å². The monoisotopic (exact) mass is 258 g/mol. The molecule has 1 amide bonds. The van der Waals surface area contributed by atoms with E-state index >= 15 is 0 Å². The summed E-state index contributed by atoms with van der Waals surface area (Å²) in [5.74, 6) is 0.283. The molecule has 1 aromatic rings. The third kappa shape index (κ3) is 2.81. The highest BCUT2D eigenvalue weighted by Crippen LogP contribution is 2.23. The molecule has 19 heavy (non-hydrogen) atoms. The third-order valence-corrected chi connectivity index (χ3v) is 4.37. The summed E-state index contributed by atoms with van der Waals surface area (Å²) in [6.07, 6.45) is 4.23. The van der Waals surface area contributed by atoms with Crippen molar-refractivity contribution in [1.29, 1.82) is 0 Å². The van der Waals surface area contributed by atoms with E-state index in [1.165, 1.54) is 36.0 Å². The van der Waals surface area contributed by atoms with Crippen molar-refractivity contribution in [2.45, 2.75) is 25.7 Å². The predicted molar refractivity (Wildman–Crippen MR) is 76.2 cm³/mol. The second-order valence-electron chi connectivity index (χ2n) is 5.82. The van der Waals surface area contributed by atoms with Crippen molar-refractivity contribution in [3.8, 4) is 0 Å².